The van der Waals surface area contributed by atoms with Crippen molar-refractivity contribution in [2.45, 2.75) is 26.8 Å². The molecule has 4 aromatic heterocycles. The fraction of sp³-hybridized carbons (Fsp3) is 0.364. The Labute approximate surface area is 174 Å². The van der Waals surface area contributed by atoms with Crippen molar-refractivity contribution >= 4 is 16.9 Å². The van der Waals surface area contributed by atoms with Crippen LogP contribution in [0.25, 0.3) is 22.6 Å². The van der Waals surface area contributed by atoms with E-state index in [1.807, 2.05) is 44.4 Å². The van der Waals surface area contributed by atoms with Gasteiger partial charge in [-0.3, -0.25) is 14.2 Å². The molecule has 5 heterocycles. The highest BCUT2D eigenvalue weighted by atomic mass is 16.1. The minimum absolute atomic E-state index is 0.109. The predicted molar refractivity (Wildman–Crippen MR) is 117 cm³/mol. The lowest BCUT2D eigenvalue weighted by molar-refractivity contribution is 0.234. The Hall–Kier alpha value is -3.26. The second kappa shape index (κ2) is 6.91. The molecule has 1 aliphatic rings. The van der Waals surface area contributed by atoms with Gasteiger partial charge in [0.15, 0.2) is 0 Å². The van der Waals surface area contributed by atoms with Crippen LogP contribution in [0.1, 0.15) is 18.3 Å². The first-order valence-corrected chi connectivity index (χ1v) is 10.2. The number of rotatable bonds is 2. The third-order valence-electron chi connectivity index (χ3n) is 5.99. The van der Waals surface area contributed by atoms with Gasteiger partial charge in [0.2, 0.25) is 0 Å². The number of anilines is 1. The van der Waals surface area contributed by atoms with E-state index in [-0.39, 0.29) is 5.56 Å². The molecule has 1 aliphatic heterocycles. The van der Waals surface area contributed by atoms with E-state index in [1.54, 1.807) is 15.0 Å². The summed E-state index contributed by atoms with van der Waals surface area (Å²) in [7, 11) is 2.15. The molecular weight excluding hydrogens is 378 g/mol. The van der Waals surface area contributed by atoms with E-state index in [9.17, 15) is 4.79 Å². The van der Waals surface area contributed by atoms with Crippen LogP contribution in [-0.2, 0) is 0 Å². The number of aryl methyl sites for hydroxylation is 2. The van der Waals surface area contributed by atoms with E-state index >= 15 is 0 Å². The maximum Gasteiger partial charge on any atom is 0.258 e. The van der Waals surface area contributed by atoms with Crippen LogP contribution >= 0.6 is 0 Å². The summed E-state index contributed by atoms with van der Waals surface area (Å²) in [4.78, 5) is 26.8. The molecule has 0 saturated carbocycles. The van der Waals surface area contributed by atoms with Gasteiger partial charge >= 0.3 is 0 Å². The minimum Gasteiger partial charge on any atom is -0.367 e. The molecule has 0 N–H and O–H groups in total. The average molecular weight is 403 g/mol. The topological polar surface area (TPSA) is 71.0 Å². The van der Waals surface area contributed by atoms with E-state index in [2.05, 4.69) is 33.9 Å². The number of hydrogen-bond acceptors (Lipinski definition) is 6. The Morgan fingerprint density at radius 2 is 1.87 bits per heavy atom. The number of piperazine rings is 1. The molecule has 0 bridgehead atoms. The predicted octanol–water partition coefficient (Wildman–Crippen LogP) is 2.16. The van der Waals surface area contributed by atoms with Crippen molar-refractivity contribution in [2.24, 2.45) is 0 Å². The second-order valence-electron chi connectivity index (χ2n) is 8.20. The van der Waals surface area contributed by atoms with Gasteiger partial charge in [-0.15, -0.1) is 0 Å². The summed E-state index contributed by atoms with van der Waals surface area (Å²) in [5.41, 5.74) is 5.50. The van der Waals surface area contributed by atoms with E-state index in [0.29, 0.717) is 23.1 Å². The van der Waals surface area contributed by atoms with E-state index in [0.717, 1.165) is 42.2 Å². The highest BCUT2D eigenvalue weighted by Crippen LogP contribution is 2.22. The van der Waals surface area contributed by atoms with Gasteiger partial charge < -0.3 is 9.80 Å². The zero-order valence-electron chi connectivity index (χ0n) is 17.7. The Balaban J connectivity index is 1.55. The Kier molecular flexibility index (Phi) is 4.32. The van der Waals surface area contributed by atoms with Gasteiger partial charge in [-0.25, -0.2) is 9.50 Å². The van der Waals surface area contributed by atoms with Crippen LogP contribution in [0.4, 0.5) is 5.69 Å². The highest BCUT2D eigenvalue weighted by Gasteiger charge is 2.21. The maximum atomic E-state index is 12.9. The van der Waals surface area contributed by atoms with Gasteiger partial charge in [0.1, 0.15) is 11.3 Å². The summed E-state index contributed by atoms with van der Waals surface area (Å²) in [6, 6.07) is 7.92. The van der Waals surface area contributed by atoms with Gasteiger partial charge in [-0.05, 0) is 46.0 Å². The molecule has 1 fully saturated rings. The Morgan fingerprint density at radius 1 is 1.03 bits per heavy atom. The monoisotopic (exact) mass is 403 g/mol. The van der Waals surface area contributed by atoms with Crippen LogP contribution in [0.5, 0.6) is 0 Å². The maximum absolute atomic E-state index is 12.9. The van der Waals surface area contributed by atoms with Crippen molar-refractivity contribution in [3.63, 3.8) is 0 Å². The second-order valence-corrected chi connectivity index (χ2v) is 8.20. The number of aromatic nitrogens is 5. The third-order valence-corrected chi connectivity index (χ3v) is 5.99. The fourth-order valence-corrected chi connectivity index (χ4v) is 4.11. The molecule has 8 heteroatoms. The van der Waals surface area contributed by atoms with Crippen LogP contribution in [-0.4, -0.2) is 61.6 Å². The Bertz CT molecular complexity index is 1320. The molecular formula is C22H25N7O. The standard InChI is InChI=1S/C22H25N7O/c1-14-11-29-20(16(3)23-14)9-19(25-29)18-10-22(30)28-13-17(5-6-21(28)24-18)27-8-7-26(4)15(2)12-27/h5-6,9-11,13,15H,7-8,12H2,1-4H3. The first-order valence-electron chi connectivity index (χ1n) is 10.2. The van der Waals surface area contributed by atoms with Gasteiger partial charge in [0.05, 0.1) is 34.5 Å². The number of fused-ring (bicyclic) bond motifs is 2. The Morgan fingerprint density at radius 3 is 2.67 bits per heavy atom. The molecule has 0 amide bonds. The van der Waals surface area contributed by atoms with E-state index in [1.165, 1.54) is 0 Å². The van der Waals surface area contributed by atoms with Crippen molar-refractivity contribution in [3.8, 4) is 11.4 Å². The number of nitrogens with zero attached hydrogens (tertiary/aromatic N) is 7. The molecule has 0 spiro atoms. The van der Waals surface area contributed by atoms with Crippen molar-refractivity contribution in [1.29, 1.82) is 0 Å². The smallest absolute Gasteiger partial charge is 0.258 e. The lowest BCUT2D eigenvalue weighted by atomic mass is 10.2. The normalized spacial score (nSPS) is 17.9. The number of likely N-dealkylation sites (N-methyl/N-ethyl adjacent to an activating group) is 1. The van der Waals surface area contributed by atoms with Crippen LogP contribution in [0.3, 0.4) is 0 Å². The summed E-state index contributed by atoms with van der Waals surface area (Å²) in [6.07, 6.45) is 3.77. The summed E-state index contributed by atoms with van der Waals surface area (Å²) >= 11 is 0. The SMILES string of the molecule is Cc1cn2nc(-c3cc(=O)n4cc(N5CCN(C)C(C)C5)ccc4n3)cc2c(C)n1. The number of hydrogen-bond donors (Lipinski definition) is 0. The van der Waals surface area contributed by atoms with Gasteiger partial charge in [0, 0.05) is 37.9 Å². The molecule has 30 heavy (non-hydrogen) atoms. The number of pyridine rings is 1. The molecule has 8 nitrogen and oxygen atoms in total. The summed E-state index contributed by atoms with van der Waals surface area (Å²) < 4.78 is 3.42. The summed E-state index contributed by atoms with van der Waals surface area (Å²) in [5, 5.41) is 4.61. The van der Waals surface area contributed by atoms with Crippen molar-refractivity contribution in [2.75, 3.05) is 31.6 Å². The molecule has 1 atom stereocenters. The average Bonchev–Trinajstić information content (AvgIpc) is 3.14. The first kappa shape index (κ1) is 18.7. The highest BCUT2D eigenvalue weighted by molar-refractivity contribution is 5.66. The van der Waals surface area contributed by atoms with Gasteiger partial charge in [0.25, 0.3) is 5.56 Å². The molecule has 4 aromatic rings. The molecule has 0 aromatic carbocycles. The van der Waals surface area contributed by atoms with Crippen molar-refractivity contribution in [3.05, 3.63) is 58.4 Å². The first-order chi connectivity index (χ1) is 14.4. The molecule has 0 aliphatic carbocycles. The van der Waals surface area contributed by atoms with Crippen molar-refractivity contribution < 1.29 is 0 Å². The van der Waals surface area contributed by atoms with Crippen LogP contribution < -0.4 is 10.5 Å². The largest absolute Gasteiger partial charge is 0.367 e. The van der Waals surface area contributed by atoms with E-state index < -0.39 is 0 Å². The van der Waals surface area contributed by atoms with Gasteiger partial charge in [-0.2, -0.15) is 5.10 Å². The fourth-order valence-electron chi connectivity index (χ4n) is 4.11. The zero-order valence-corrected chi connectivity index (χ0v) is 17.7. The summed E-state index contributed by atoms with van der Waals surface area (Å²) in [5.74, 6) is 0. The molecule has 1 saturated heterocycles. The molecule has 1 unspecified atom stereocenters. The van der Waals surface area contributed by atoms with Crippen molar-refractivity contribution in [1.82, 2.24) is 28.9 Å². The van der Waals surface area contributed by atoms with Crippen LogP contribution in [0.15, 0.2) is 41.5 Å². The minimum atomic E-state index is -0.109. The summed E-state index contributed by atoms with van der Waals surface area (Å²) in [6.45, 7) is 9.01. The quantitative estimate of drug-likeness (QED) is 0.511. The van der Waals surface area contributed by atoms with Gasteiger partial charge in [-0.1, -0.05) is 0 Å². The zero-order chi connectivity index (χ0) is 21.0. The molecule has 5 rings (SSSR count). The molecule has 154 valence electrons. The lowest BCUT2D eigenvalue weighted by Gasteiger charge is -2.39. The third kappa shape index (κ3) is 3.13. The van der Waals surface area contributed by atoms with Crippen LogP contribution in [0.2, 0.25) is 0 Å². The lowest BCUT2D eigenvalue weighted by Crippen LogP contribution is -2.50. The van der Waals surface area contributed by atoms with E-state index in [4.69, 9.17) is 4.98 Å². The molecule has 0 radical (unpaired) electrons. The van der Waals surface area contributed by atoms with Crippen LogP contribution in [0, 0.1) is 13.8 Å².